The molecule has 23 heavy (non-hydrogen) atoms. The summed E-state index contributed by atoms with van der Waals surface area (Å²) in [5.41, 5.74) is 1.09. The van der Waals surface area contributed by atoms with Gasteiger partial charge in [0, 0.05) is 24.8 Å². The maximum Gasteiger partial charge on any atom is 0.311 e. The first kappa shape index (κ1) is 17.2. The zero-order valence-corrected chi connectivity index (χ0v) is 14.2. The van der Waals surface area contributed by atoms with Crippen LogP contribution in [0.2, 0.25) is 0 Å². The van der Waals surface area contributed by atoms with Crippen molar-refractivity contribution in [3.8, 4) is 0 Å². The largest absolute Gasteiger partial charge is 0.481 e. The van der Waals surface area contributed by atoms with Crippen molar-refractivity contribution in [2.75, 3.05) is 0 Å². The molecule has 0 saturated carbocycles. The highest BCUT2D eigenvalue weighted by molar-refractivity contribution is 5.75. The third-order valence-corrected chi connectivity index (χ3v) is 4.13. The molecule has 0 aliphatic carbocycles. The molecule has 5 nitrogen and oxygen atoms in total. The van der Waals surface area contributed by atoms with E-state index in [-0.39, 0.29) is 12.1 Å². The summed E-state index contributed by atoms with van der Waals surface area (Å²) in [6.07, 6.45) is 1.77. The van der Waals surface area contributed by atoms with Crippen molar-refractivity contribution in [3.05, 3.63) is 53.9 Å². The Balaban J connectivity index is 2.25. The second kappa shape index (κ2) is 6.96. The zero-order chi connectivity index (χ0) is 17.0. The first-order chi connectivity index (χ1) is 10.8. The highest BCUT2D eigenvalue weighted by Gasteiger charge is 2.37. The van der Waals surface area contributed by atoms with Crippen LogP contribution in [0.5, 0.6) is 0 Å². The van der Waals surface area contributed by atoms with Crippen LogP contribution in [0.15, 0.2) is 42.6 Å². The molecule has 1 aromatic carbocycles. The van der Waals surface area contributed by atoms with E-state index in [0.29, 0.717) is 6.54 Å². The molecule has 0 radical (unpaired) electrons. The van der Waals surface area contributed by atoms with Gasteiger partial charge >= 0.3 is 5.97 Å². The minimum Gasteiger partial charge on any atom is -0.481 e. The molecule has 2 rings (SSSR count). The molecule has 5 heteroatoms. The SMILES string of the molecule is CC(C)n1nccc1CNC(c1ccccc1)C(C)(C)C(=O)O. The Labute approximate surface area is 137 Å². The Hall–Kier alpha value is -2.14. The average molecular weight is 315 g/mol. The molecule has 1 aromatic heterocycles. The molecule has 1 atom stereocenters. The van der Waals surface area contributed by atoms with Crippen LogP contribution in [0.3, 0.4) is 0 Å². The van der Waals surface area contributed by atoms with E-state index in [0.717, 1.165) is 11.3 Å². The van der Waals surface area contributed by atoms with E-state index in [9.17, 15) is 9.90 Å². The van der Waals surface area contributed by atoms with Gasteiger partial charge in [-0.15, -0.1) is 0 Å². The van der Waals surface area contributed by atoms with Crippen LogP contribution >= 0.6 is 0 Å². The zero-order valence-electron chi connectivity index (χ0n) is 14.2. The van der Waals surface area contributed by atoms with Crippen LogP contribution in [-0.4, -0.2) is 20.9 Å². The molecule has 2 aromatic rings. The summed E-state index contributed by atoms with van der Waals surface area (Å²) in [5.74, 6) is -0.823. The van der Waals surface area contributed by atoms with Gasteiger partial charge < -0.3 is 10.4 Å². The van der Waals surface area contributed by atoms with Gasteiger partial charge in [0.15, 0.2) is 0 Å². The third-order valence-electron chi connectivity index (χ3n) is 4.13. The predicted molar refractivity (Wildman–Crippen MR) is 90.1 cm³/mol. The molecule has 0 spiro atoms. The fourth-order valence-corrected chi connectivity index (χ4v) is 2.71. The number of carbonyl (C=O) groups is 1. The van der Waals surface area contributed by atoms with Crippen molar-refractivity contribution in [2.45, 2.75) is 46.3 Å². The van der Waals surface area contributed by atoms with Crippen LogP contribution in [0.1, 0.15) is 51.0 Å². The fraction of sp³-hybridized carbons (Fsp3) is 0.444. The van der Waals surface area contributed by atoms with E-state index in [2.05, 4.69) is 24.3 Å². The lowest BCUT2D eigenvalue weighted by molar-refractivity contribution is -0.148. The number of benzene rings is 1. The lowest BCUT2D eigenvalue weighted by Gasteiger charge is -2.32. The highest BCUT2D eigenvalue weighted by Crippen LogP contribution is 2.34. The van der Waals surface area contributed by atoms with Crippen molar-refractivity contribution in [1.29, 1.82) is 0 Å². The van der Waals surface area contributed by atoms with E-state index in [1.807, 2.05) is 41.1 Å². The Morgan fingerprint density at radius 2 is 1.91 bits per heavy atom. The number of rotatable bonds is 7. The number of hydrogen-bond donors (Lipinski definition) is 2. The Bertz CT molecular complexity index is 647. The highest BCUT2D eigenvalue weighted by atomic mass is 16.4. The normalized spacial score (nSPS) is 13.3. The van der Waals surface area contributed by atoms with Crippen molar-refractivity contribution in [1.82, 2.24) is 15.1 Å². The monoisotopic (exact) mass is 315 g/mol. The lowest BCUT2D eigenvalue weighted by Crippen LogP contribution is -2.40. The number of aromatic nitrogens is 2. The van der Waals surface area contributed by atoms with Gasteiger partial charge in [-0.3, -0.25) is 9.48 Å². The van der Waals surface area contributed by atoms with Crippen LogP contribution in [0.4, 0.5) is 0 Å². The predicted octanol–water partition coefficient (Wildman–Crippen LogP) is 3.41. The molecular weight excluding hydrogens is 290 g/mol. The number of aliphatic carboxylic acids is 1. The van der Waals surface area contributed by atoms with Gasteiger partial charge in [-0.1, -0.05) is 30.3 Å². The molecule has 0 aliphatic rings. The maximum absolute atomic E-state index is 11.7. The van der Waals surface area contributed by atoms with Gasteiger partial charge in [-0.05, 0) is 39.3 Å². The summed E-state index contributed by atoms with van der Waals surface area (Å²) in [4.78, 5) is 11.7. The Morgan fingerprint density at radius 3 is 2.48 bits per heavy atom. The van der Waals surface area contributed by atoms with Crippen molar-refractivity contribution in [3.63, 3.8) is 0 Å². The van der Waals surface area contributed by atoms with Crippen LogP contribution < -0.4 is 5.32 Å². The first-order valence-electron chi connectivity index (χ1n) is 7.88. The third kappa shape index (κ3) is 3.79. The van der Waals surface area contributed by atoms with E-state index >= 15 is 0 Å². The molecule has 0 saturated heterocycles. The van der Waals surface area contributed by atoms with Gasteiger partial charge in [-0.25, -0.2) is 0 Å². The summed E-state index contributed by atoms with van der Waals surface area (Å²) in [5, 5.41) is 17.4. The minimum atomic E-state index is -0.927. The van der Waals surface area contributed by atoms with Crippen LogP contribution in [0, 0.1) is 5.41 Å². The maximum atomic E-state index is 11.7. The van der Waals surface area contributed by atoms with Gasteiger partial charge in [0.05, 0.1) is 11.1 Å². The second-order valence-electron chi connectivity index (χ2n) is 6.61. The van der Waals surface area contributed by atoms with Gasteiger partial charge in [0.25, 0.3) is 0 Å². The minimum absolute atomic E-state index is 0.268. The molecule has 0 bridgehead atoms. The number of nitrogens with one attached hydrogen (secondary N) is 1. The van der Waals surface area contributed by atoms with E-state index < -0.39 is 11.4 Å². The van der Waals surface area contributed by atoms with Gasteiger partial charge in [0.2, 0.25) is 0 Å². The molecular formula is C18H25N3O2. The summed E-state index contributed by atoms with van der Waals surface area (Å²) < 4.78 is 1.95. The van der Waals surface area contributed by atoms with E-state index in [1.165, 1.54) is 0 Å². The number of nitrogens with zero attached hydrogens (tertiary/aromatic N) is 2. The smallest absolute Gasteiger partial charge is 0.311 e. The lowest BCUT2D eigenvalue weighted by atomic mass is 9.80. The summed E-state index contributed by atoms with van der Waals surface area (Å²) in [7, 11) is 0. The Kier molecular flexibility index (Phi) is 5.21. The topological polar surface area (TPSA) is 67.2 Å². The number of hydrogen-bond acceptors (Lipinski definition) is 3. The van der Waals surface area contributed by atoms with Crippen molar-refractivity contribution in [2.24, 2.45) is 5.41 Å². The molecule has 1 unspecified atom stereocenters. The number of carboxylic acid groups (broad SMARTS) is 1. The standard InChI is InChI=1S/C18H25N3O2/c1-13(2)21-15(10-11-20-21)12-19-16(18(3,4)17(22)23)14-8-6-5-7-9-14/h5-11,13,16,19H,12H2,1-4H3,(H,22,23). The molecule has 124 valence electrons. The fourth-order valence-electron chi connectivity index (χ4n) is 2.71. The van der Waals surface area contributed by atoms with E-state index in [1.54, 1.807) is 20.0 Å². The quantitative estimate of drug-likeness (QED) is 0.821. The van der Waals surface area contributed by atoms with Crippen molar-refractivity contribution >= 4 is 5.97 Å². The first-order valence-corrected chi connectivity index (χ1v) is 7.88. The number of carboxylic acids is 1. The summed E-state index contributed by atoms with van der Waals surface area (Å²) in [6, 6.07) is 11.6. The summed E-state index contributed by atoms with van der Waals surface area (Å²) in [6.45, 7) is 8.21. The Morgan fingerprint density at radius 1 is 1.26 bits per heavy atom. The van der Waals surface area contributed by atoms with Gasteiger partial charge in [-0.2, -0.15) is 5.10 Å². The van der Waals surface area contributed by atoms with Crippen molar-refractivity contribution < 1.29 is 9.90 Å². The second-order valence-corrected chi connectivity index (χ2v) is 6.61. The summed E-state index contributed by atoms with van der Waals surface area (Å²) >= 11 is 0. The van der Waals surface area contributed by atoms with Gasteiger partial charge in [0.1, 0.15) is 0 Å². The van der Waals surface area contributed by atoms with E-state index in [4.69, 9.17) is 0 Å². The molecule has 0 amide bonds. The molecule has 1 heterocycles. The van der Waals surface area contributed by atoms with Crippen LogP contribution in [-0.2, 0) is 11.3 Å². The average Bonchev–Trinajstić information content (AvgIpc) is 2.97. The molecule has 2 N–H and O–H groups in total. The van der Waals surface area contributed by atoms with Crippen LogP contribution in [0.25, 0.3) is 0 Å². The molecule has 0 fully saturated rings. The molecule has 0 aliphatic heterocycles.